The van der Waals surface area contributed by atoms with E-state index in [-0.39, 0.29) is 28.2 Å². The lowest BCUT2D eigenvalue weighted by molar-refractivity contribution is -0.160. The lowest BCUT2D eigenvalue weighted by Crippen LogP contribution is -2.29. The van der Waals surface area contributed by atoms with Gasteiger partial charge in [-0.05, 0) is 53.1 Å². The molecule has 0 amide bonds. The minimum atomic E-state index is -1.75. The van der Waals surface area contributed by atoms with Crippen molar-refractivity contribution in [1.82, 2.24) is 0 Å². The fourth-order valence-electron chi connectivity index (χ4n) is 4.22. The number of ether oxygens (including phenoxy) is 2. The van der Waals surface area contributed by atoms with Gasteiger partial charge in [0.25, 0.3) is 0 Å². The van der Waals surface area contributed by atoms with Crippen LogP contribution in [0.2, 0.25) is 0 Å². The zero-order valence-corrected chi connectivity index (χ0v) is 19.9. The van der Waals surface area contributed by atoms with E-state index in [1.807, 2.05) is 0 Å². The molecule has 4 rings (SSSR count). The highest BCUT2D eigenvalue weighted by Crippen LogP contribution is 2.52. The molecule has 1 aliphatic rings. The molecule has 1 aliphatic heterocycles. The summed E-state index contributed by atoms with van der Waals surface area (Å²) in [6, 6.07) is 9.82. The lowest BCUT2D eigenvalue weighted by atomic mass is 9.86. The number of carbonyl (C=O) groups is 3. The molecular weight excluding hydrogens is 516 g/mol. The number of hydrogen-bond acceptors (Lipinski definition) is 10. The van der Waals surface area contributed by atoms with E-state index in [0.29, 0.717) is 5.56 Å². The number of esters is 1. The maximum Gasteiger partial charge on any atom is 0.345 e. The average molecular weight is 538 g/mol. The van der Waals surface area contributed by atoms with Gasteiger partial charge in [-0.25, -0.2) is 9.59 Å². The van der Waals surface area contributed by atoms with Crippen LogP contribution in [0.5, 0.6) is 34.5 Å². The molecule has 0 spiro atoms. The van der Waals surface area contributed by atoms with Crippen LogP contribution in [0.15, 0.2) is 54.6 Å². The number of aromatic hydroxyl groups is 5. The fraction of sp³-hybridized carbons (Fsp3) is 0.148. The number of fused-ring (bicyclic) bond motifs is 1. The van der Waals surface area contributed by atoms with E-state index < -0.39 is 65.5 Å². The van der Waals surface area contributed by atoms with E-state index >= 15 is 0 Å². The predicted molar refractivity (Wildman–Crippen MR) is 132 cm³/mol. The number of carboxylic acid groups (broad SMARTS) is 2. The second-order valence-electron chi connectivity index (χ2n) is 8.64. The van der Waals surface area contributed by atoms with E-state index in [4.69, 9.17) is 9.47 Å². The molecule has 1 heterocycles. The Hall–Kier alpha value is -5.39. The number of aliphatic carboxylic acids is 2. The first-order valence-electron chi connectivity index (χ1n) is 11.4. The van der Waals surface area contributed by atoms with Gasteiger partial charge in [0.1, 0.15) is 12.0 Å². The summed E-state index contributed by atoms with van der Waals surface area (Å²) >= 11 is 0. The predicted octanol–water partition coefficient (Wildman–Crippen LogP) is 2.77. The van der Waals surface area contributed by atoms with E-state index in [2.05, 4.69) is 0 Å². The largest absolute Gasteiger partial charge is 0.504 e. The highest BCUT2D eigenvalue weighted by molar-refractivity contribution is 5.89. The van der Waals surface area contributed by atoms with Gasteiger partial charge in [-0.1, -0.05) is 18.2 Å². The summed E-state index contributed by atoms with van der Waals surface area (Å²) in [4.78, 5) is 36.6. The third kappa shape index (κ3) is 5.49. The maximum atomic E-state index is 12.3. The van der Waals surface area contributed by atoms with Crippen molar-refractivity contribution < 1.29 is 59.6 Å². The standard InChI is InChI=1S/C27H22O12/c28-15-5-1-12(9-18(15)31)2-8-21(33)38-20(26(34)35)11-13-3-7-17(30)25-22(13)23(27(36)37)24(39-25)14-4-6-16(29)19(32)10-14/h1-10,20,23-24,28-32H,11H2,(H,34,35)(H,36,37). The summed E-state index contributed by atoms with van der Waals surface area (Å²) in [6.07, 6.45) is -1.33. The molecule has 7 N–H and O–H groups in total. The van der Waals surface area contributed by atoms with Crippen molar-refractivity contribution in [2.24, 2.45) is 0 Å². The van der Waals surface area contributed by atoms with Crippen molar-refractivity contribution in [2.75, 3.05) is 0 Å². The van der Waals surface area contributed by atoms with Crippen molar-refractivity contribution in [2.45, 2.75) is 24.5 Å². The molecule has 0 fully saturated rings. The molecule has 0 radical (unpaired) electrons. The van der Waals surface area contributed by atoms with Crippen LogP contribution >= 0.6 is 0 Å². The quantitative estimate of drug-likeness (QED) is 0.125. The van der Waals surface area contributed by atoms with Crippen LogP contribution in [-0.2, 0) is 25.5 Å². The van der Waals surface area contributed by atoms with Gasteiger partial charge in [-0.2, -0.15) is 0 Å². The van der Waals surface area contributed by atoms with Crippen molar-refractivity contribution >= 4 is 24.0 Å². The van der Waals surface area contributed by atoms with Crippen LogP contribution in [0, 0.1) is 0 Å². The van der Waals surface area contributed by atoms with Gasteiger partial charge in [-0.3, -0.25) is 4.79 Å². The number of hydrogen-bond donors (Lipinski definition) is 7. The van der Waals surface area contributed by atoms with Crippen molar-refractivity contribution in [3.05, 3.63) is 76.9 Å². The van der Waals surface area contributed by atoms with Crippen LogP contribution in [-0.4, -0.2) is 59.8 Å². The molecule has 0 aromatic heterocycles. The van der Waals surface area contributed by atoms with Crippen LogP contribution < -0.4 is 4.74 Å². The van der Waals surface area contributed by atoms with Crippen molar-refractivity contribution in [1.29, 1.82) is 0 Å². The summed E-state index contributed by atoms with van der Waals surface area (Å²) in [6.45, 7) is 0. The van der Waals surface area contributed by atoms with Gasteiger partial charge in [-0.15, -0.1) is 0 Å². The van der Waals surface area contributed by atoms with E-state index in [0.717, 1.165) is 18.2 Å². The van der Waals surface area contributed by atoms with Gasteiger partial charge < -0.3 is 45.2 Å². The summed E-state index contributed by atoms with van der Waals surface area (Å²) in [5.74, 6) is -7.75. The highest BCUT2D eigenvalue weighted by atomic mass is 16.6. The van der Waals surface area contributed by atoms with Gasteiger partial charge in [0.2, 0.25) is 6.10 Å². The zero-order valence-electron chi connectivity index (χ0n) is 19.9. The van der Waals surface area contributed by atoms with Gasteiger partial charge in [0, 0.05) is 18.1 Å². The first-order chi connectivity index (χ1) is 18.5. The average Bonchev–Trinajstić information content (AvgIpc) is 3.29. The molecule has 12 nitrogen and oxygen atoms in total. The Balaban J connectivity index is 1.61. The Morgan fingerprint density at radius 1 is 0.846 bits per heavy atom. The Morgan fingerprint density at radius 3 is 2.10 bits per heavy atom. The molecule has 0 saturated carbocycles. The zero-order chi connectivity index (χ0) is 28.4. The molecule has 3 atom stereocenters. The van der Waals surface area contributed by atoms with Crippen LogP contribution in [0.3, 0.4) is 0 Å². The fourth-order valence-corrected chi connectivity index (χ4v) is 4.22. The molecule has 39 heavy (non-hydrogen) atoms. The molecule has 12 heteroatoms. The number of carboxylic acids is 2. The molecule has 0 aliphatic carbocycles. The Bertz CT molecular complexity index is 1490. The second kappa shape index (κ2) is 10.5. The summed E-state index contributed by atoms with van der Waals surface area (Å²) in [5.41, 5.74) is 0.579. The first-order valence-corrected chi connectivity index (χ1v) is 11.4. The normalized spacial score (nSPS) is 16.8. The monoisotopic (exact) mass is 538 g/mol. The first kappa shape index (κ1) is 26.7. The van der Waals surface area contributed by atoms with Gasteiger partial charge in [0.15, 0.2) is 34.5 Å². The molecule has 0 saturated heterocycles. The molecule has 3 aromatic rings. The number of phenols is 5. The summed E-state index contributed by atoms with van der Waals surface area (Å²) < 4.78 is 10.8. The Kier molecular flexibility index (Phi) is 7.20. The summed E-state index contributed by atoms with van der Waals surface area (Å²) in [5, 5.41) is 68.5. The third-order valence-corrected chi connectivity index (χ3v) is 6.07. The SMILES string of the molecule is O=C(C=Cc1ccc(O)c(O)c1)OC(Cc1ccc(O)c2c1C(C(=O)O)C(c1ccc(O)c(O)c1)O2)C(=O)O. The van der Waals surface area contributed by atoms with E-state index in [9.17, 15) is 50.1 Å². The Labute approximate surface area is 219 Å². The smallest absolute Gasteiger partial charge is 0.345 e. The topological polar surface area (TPSA) is 211 Å². The van der Waals surface area contributed by atoms with Crippen LogP contribution in [0.4, 0.5) is 0 Å². The molecule has 3 unspecified atom stereocenters. The lowest BCUT2D eigenvalue weighted by Gasteiger charge is -2.18. The Morgan fingerprint density at radius 2 is 1.49 bits per heavy atom. The number of phenolic OH excluding ortho intramolecular Hbond substituents is 5. The van der Waals surface area contributed by atoms with E-state index in [1.54, 1.807) is 0 Å². The minimum Gasteiger partial charge on any atom is -0.504 e. The molecule has 0 bridgehead atoms. The molecule has 3 aromatic carbocycles. The van der Waals surface area contributed by atoms with Crippen molar-refractivity contribution in [3.63, 3.8) is 0 Å². The number of carbonyl (C=O) groups excluding carboxylic acids is 1. The van der Waals surface area contributed by atoms with Crippen LogP contribution in [0.1, 0.15) is 34.3 Å². The highest BCUT2D eigenvalue weighted by Gasteiger charge is 2.44. The van der Waals surface area contributed by atoms with Gasteiger partial charge >= 0.3 is 17.9 Å². The number of rotatable bonds is 8. The van der Waals surface area contributed by atoms with Crippen molar-refractivity contribution in [3.8, 4) is 34.5 Å². The minimum absolute atomic E-state index is 0.0301. The maximum absolute atomic E-state index is 12.3. The van der Waals surface area contributed by atoms with Gasteiger partial charge in [0.05, 0.1) is 0 Å². The van der Waals surface area contributed by atoms with Crippen LogP contribution in [0.25, 0.3) is 6.08 Å². The number of benzene rings is 3. The van der Waals surface area contributed by atoms with E-state index in [1.165, 1.54) is 42.5 Å². The third-order valence-electron chi connectivity index (χ3n) is 6.07. The molecular formula is C27H22O12. The second-order valence-corrected chi connectivity index (χ2v) is 8.64. The summed E-state index contributed by atoms with van der Waals surface area (Å²) in [7, 11) is 0. The molecule has 202 valence electrons.